The van der Waals surface area contributed by atoms with Gasteiger partial charge < -0.3 is 5.32 Å². The summed E-state index contributed by atoms with van der Waals surface area (Å²) in [6, 6.07) is 14.0. The molecular formula is C19H17N3O3S. The maximum Gasteiger partial charge on any atom is 0.269 e. The predicted molar refractivity (Wildman–Crippen MR) is 102 cm³/mol. The Kier molecular flexibility index (Phi) is 5.38. The molecule has 0 saturated heterocycles. The SMILES string of the molecule is CCc1ccc(-c2nc(CC(=O)Nc3ccc([N+](=O)[O-])cc3)cs2)cc1. The molecule has 0 aliphatic rings. The average molecular weight is 367 g/mol. The number of nitrogens with zero attached hydrogens (tertiary/aromatic N) is 2. The Morgan fingerprint density at radius 1 is 1.15 bits per heavy atom. The van der Waals surface area contributed by atoms with Gasteiger partial charge in [0.2, 0.25) is 5.91 Å². The lowest BCUT2D eigenvalue weighted by Crippen LogP contribution is -2.14. The maximum absolute atomic E-state index is 12.1. The van der Waals surface area contributed by atoms with Gasteiger partial charge in [-0.3, -0.25) is 14.9 Å². The lowest BCUT2D eigenvalue weighted by Gasteiger charge is -2.03. The van der Waals surface area contributed by atoms with Crippen LogP contribution in [-0.4, -0.2) is 15.8 Å². The number of nitro benzene ring substituents is 1. The molecule has 0 fully saturated rings. The van der Waals surface area contributed by atoms with Gasteiger partial charge in [-0.15, -0.1) is 11.3 Å². The highest BCUT2D eigenvalue weighted by Crippen LogP contribution is 2.24. The number of hydrogen-bond donors (Lipinski definition) is 1. The van der Waals surface area contributed by atoms with E-state index in [1.165, 1.54) is 41.2 Å². The normalized spacial score (nSPS) is 10.5. The average Bonchev–Trinajstić information content (AvgIpc) is 3.10. The van der Waals surface area contributed by atoms with E-state index in [9.17, 15) is 14.9 Å². The molecule has 3 rings (SSSR count). The molecule has 0 atom stereocenters. The molecule has 3 aromatic rings. The summed E-state index contributed by atoms with van der Waals surface area (Å²) in [5.41, 5.74) is 3.51. The summed E-state index contributed by atoms with van der Waals surface area (Å²) in [5.74, 6) is -0.211. The van der Waals surface area contributed by atoms with Crippen molar-refractivity contribution in [3.8, 4) is 10.6 Å². The predicted octanol–water partition coefficient (Wildman–Crippen LogP) is 4.46. The Hall–Kier alpha value is -3.06. The van der Waals surface area contributed by atoms with Crippen LogP contribution in [-0.2, 0) is 17.6 Å². The van der Waals surface area contributed by atoms with Crippen LogP contribution in [0.2, 0.25) is 0 Å². The van der Waals surface area contributed by atoms with Gasteiger partial charge in [0, 0.05) is 28.8 Å². The number of benzene rings is 2. The first-order valence-electron chi connectivity index (χ1n) is 8.13. The topological polar surface area (TPSA) is 85.1 Å². The molecule has 6 nitrogen and oxygen atoms in total. The fraction of sp³-hybridized carbons (Fsp3) is 0.158. The summed E-state index contributed by atoms with van der Waals surface area (Å²) in [7, 11) is 0. The van der Waals surface area contributed by atoms with Crippen LogP contribution >= 0.6 is 11.3 Å². The van der Waals surface area contributed by atoms with Gasteiger partial charge in [0.05, 0.1) is 17.0 Å². The van der Waals surface area contributed by atoms with E-state index in [-0.39, 0.29) is 18.0 Å². The third-order valence-electron chi connectivity index (χ3n) is 3.86. The summed E-state index contributed by atoms with van der Waals surface area (Å²) < 4.78 is 0. The molecule has 132 valence electrons. The first-order valence-corrected chi connectivity index (χ1v) is 9.01. The van der Waals surface area contributed by atoms with Crippen LogP contribution in [0, 0.1) is 10.1 Å². The third kappa shape index (κ3) is 4.31. The summed E-state index contributed by atoms with van der Waals surface area (Å²) >= 11 is 1.50. The van der Waals surface area contributed by atoms with E-state index in [4.69, 9.17) is 0 Å². The van der Waals surface area contributed by atoms with Gasteiger partial charge in [-0.2, -0.15) is 0 Å². The van der Waals surface area contributed by atoms with E-state index in [1.54, 1.807) is 0 Å². The van der Waals surface area contributed by atoms with Gasteiger partial charge in [-0.05, 0) is 24.1 Å². The van der Waals surface area contributed by atoms with Crippen molar-refractivity contribution < 1.29 is 9.72 Å². The second kappa shape index (κ2) is 7.88. The molecule has 0 unspecified atom stereocenters. The molecule has 26 heavy (non-hydrogen) atoms. The van der Waals surface area contributed by atoms with Gasteiger partial charge in [0.25, 0.3) is 5.69 Å². The zero-order chi connectivity index (χ0) is 18.5. The molecule has 1 N–H and O–H groups in total. The van der Waals surface area contributed by atoms with Crippen LogP contribution in [0.25, 0.3) is 10.6 Å². The van der Waals surface area contributed by atoms with E-state index in [1.807, 2.05) is 17.5 Å². The molecule has 0 bridgehead atoms. The molecule has 0 aliphatic heterocycles. The fourth-order valence-corrected chi connectivity index (χ4v) is 3.27. The Morgan fingerprint density at radius 3 is 2.46 bits per heavy atom. The Labute approximate surface area is 154 Å². The van der Waals surface area contributed by atoms with Crippen molar-refractivity contribution >= 4 is 28.6 Å². The lowest BCUT2D eigenvalue weighted by atomic mass is 10.1. The minimum Gasteiger partial charge on any atom is -0.326 e. The molecule has 1 heterocycles. The number of nitrogens with one attached hydrogen (secondary N) is 1. The van der Waals surface area contributed by atoms with Crippen molar-refractivity contribution in [2.45, 2.75) is 19.8 Å². The molecule has 0 spiro atoms. The summed E-state index contributed by atoms with van der Waals surface area (Å²) in [5, 5.41) is 16.1. The molecule has 0 saturated carbocycles. The number of non-ortho nitro benzene ring substituents is 1. The number of carbonyl (C=O) groups excluding carboxylic acids is 1. The number of carbonyl (C=O) groups is 1. The quantitative estimate of drug-likeness (QED) is 0.515. The maximum atomic E-state index is 12.1. The van der Waals surface area contributed by atoms with Crippen LogP contribution in [0.4, 0.5) is 11.4 Å². The third-order valence-corrected chi connectivity index (χ3v) is 4.80. The molecule has 1 aromatic heterocycles. The first kappa shape index (κ1) is 17.8. The zero-order valence-corrected chi connectivity index (χ0v) is 15.0. The highest BCUT2D eigenvalue weighted by Gasteiger charge is 2.10. The largest absolute Gasteiger partial charge is 0.326 e. The number of rotatable bonds is 6. The molecule has 7 heteroatoms. The van der Waals surface area contributed by atoms with E-state index in [2.05, 4.69) is 29.4 Å². The molecule has 0 radical (unpaired) electrons. The Morgan fingerprint density at radius 2 is 1.85 bits per heavy atom. The van der Waals surface area contributed by atoms with Crippen molar-refractivity contribution in [3.63, 3.8) is 0 Å². The van der Waals surface area contributed by atoms with Crippen LogP contribution in [0.3, 0.4) is 0 Å². The van der Waals surface area contributed by atoms with E-state index in [0.717, 1.165) is 17.0 Å². The van der Waals surface area contributed by atoms with Crippen LogP contribution in [0.1, 0.15) is 18.2 Å². The van der Waals surface area contributed by atoms with Crippen molar-refractivity contribution in [2.24, 2.45) is 0 Å². The van der Waals surface area contributed by atoms with Gasteiger partial charge in [-0.25, -0.2) is 4.98 Å². The highest BCUT2D eigenvalue weighted by atomic mass is 32.1. The number of aromatic nitrogens is 1. The number of hydrogen-bond acceptors (Lipinski definition) is 5. The minimum atomic E-state index is -0.477. The van der Waals surface area contributed by atoms with Crippen molar-refractivity contribution in [1.82, 2.24) is 4.98 Å². The molecule has 1 amide bonds. The van der Waals surface area contributed by atoms with Gasteiger partial charge in [-0.1, -0.05) is 31.2 Å². The lowest BCUT2D eigenvalue weighted by molar-refractivity contribution is -0.384. The molecular weight excluding hydrogens is 350 g/mol. The summed E-state index contributed by atoms with van der Waals surface area (Å²) in [6.07, 6.45) is 1.15. The van der Waals surface area contributed by atoms with Gasteiger partial charge in [0.1, 0.15) is 5.01 Å². The number of nitro groups is 1. The second-order valence-electron chi connectivity index (χ2n) is 5.72. The number of amides is 1. The summed E-state index contributed by atoms with van der Waals surface area (Å²) in [4.78, 5) is 26.8. The smallest absolute Gasteiger partial charge is 0.269 e. The van der Waals surface area contributed by atoms with Gasteiger partial charge in [0.15, 0.2) is 0 Å². The number of thiazole rings is 1. The second-order valence-corrected chi connectivity index (χ2v) is 6.58. The highest BCUT2D eigenvalue weighted by molar-refractivity contribution is 7.13. The van der Waals surface area contributed by atoms with Crippen LogP contribution < -0.4 is 5.32 Å². The van der Waals surface area contributed by atoms with Crippen molar-refractivity contribution in [3.05, 3.63) is 75.3 Å². The number of aryl methyl sites for hydroxylation is 1. The fourth-order valence-electron chi connectivity index (χ4n) is 2.44. The Bertz CT molecular complexity index is 918. The molecule has 2 aromatic carbocycles. The van der Waals surface area contributed by atoms with E-state index < -0.39 is 4.92 Å². The number of anilines is 1. The van der Waals surface area contributed by atoms with Gasteiger partial charge >= 0.3 is 0 Å². The molecule has 0 aliphatic carbocycles. The minimum absolute atomic E-state index is 0.0127. The first-order chi connectivity index (χ1) is 12.5. The summed E-state index contributed by atoms with van der Waals surface area (Å²) in [6.45, 7) is 2.11. The Balaban J connectivity index is 1.62. The van der Waals surface area contributed by atoms with Crippen molar-refractivity contribution in [2.75, 3.05) is 5.32 Å². The zero-order valence-electron chi connectivity index (χ0n) is 14.1. The van der Waals surface area contributed by atoms with Crippen LogP contribution in [0.5, 0.6) is 0 Å². The standard InChI is InChI=1S/C19H17N3O3S/c1-2-13-3-5-14(6-4-13)19-21-16(12-26-19)11-18(23)20-15-7-9-17(10-8-15)22(24)25/h3-10,12H,2,11H2,1H3,(H,20,23). The van der Waals surface area contributed by atoms with E-state index in [0.29, 0.717) is 11.4 Å². The van der Waals surface area contributed by atoms with Crippen LogP contribution in [0.15, 0.2) is 53.9 Å². The van der Waals surface area contributed by atoms with Crippen molar-refractivity contribution in [1.29, 1.82) is 0 Å². The monoisotopic (exact) mass is 367 g/mol. The van der Waals surface area contributed by atoms with E-state index >= 15 is 0 Å².